The van der Waals surface area contributed by atoms with E-state index in [9.17, 15) is 14.4 Å². The molecule has 0 bridgehead atoms. The van der Waals surface area contributed by atoms with Gasteiger partial charge in [-0.2, -0.15) is 0 Å². The van der Waals surface area contributed by atoms with Crippen LogP contribution in [0.5, 0.6) is 0 Å². The van der Waals surface area contributed by atoms with Gasteiger partial charge in [-0.3, -0.25) is 14.4 Å². The zero-order valence-electron chi connectivity index (χ0n) is 45.6. The number of esters is 3. The monoisotopic (exact) mass is 955 g/mol. The molecule has 1 atom stereocenters. The van der Waals surface area contributed by atoms with Crippen molar-refractivity contribution in [3.05, 3.63) is 36.5 Å². The Hall–Kier alpha value is -2.37. The molecule has 6 nitrogen and oxygen atoms in total. The van der Waals surface area contributed by atoms with Crippen molar-refractivity contribution in [2.75, 3.05) is 13.2 Å². The largest absolute Gasteiger partial charge is 0.462 e. The Morgan fingerprint density at radius 1 is 0.294 bits per heavy atom. The highest BCUT2D eigenvalue weighted by atomic mass is 16.6. The summed E-state index contributed by atoms with van der Waals surface area (Å²) in [4.78, 5) is 38.2. The molecule has 0 saturated carbocycles. The van der Waals surface area contributed by atoms with Gasteiger partial charge in [-0.25, -0.2) is 0 Å². The summed E-state index contributed by atoms with van der Waals surface area (Å²) in [5.41, 5.74) is 0. The topological polar surface area (TPSA) is 78.9 Å². The van der Waals surface area contributed by atoms with Gasteiger partial charge in [-0.05, 0) is 57.8 Å². The standard InChI is InChI=1S/C62H114O6/c1-4-7-10-13-16-19-22-25-27-29-30-31-32-34-35-37-40-43-46-49-52-55-61(64)67-58-59(57-66-60(63)54-51-48-45-42-39-24-21-18-15-12-9-6-3)68-62(65)56-53-50-47-44-41-38-36-33-28-26-23-20-17-14-11-8-5-2/h17,20,26,28,36,38,59H,4-16,18-19,21-25,27,29-35,37,39-58H2,1-3H3/b20-17-,28-26-,38-36-/t59-/m0/s1. The van der Waals surface area contributed by atoms with Crippen LogP contribution in [0, 0.1) is 0 Å². The molecule has 0 saturated heterocycles. The molecule has 0 aliphatic heterocycles. The van der Waals surface area contributed by atoms with E-state index in [0.29, 0.717) is 19.3 Å². The maximum atomic E-state index is 12.8. The van der Waals surface area contributed by atoms with Gasteiger partial charge in [0.05, 0.1) is 0 Å². The average Bonchev–Trinajstić information content (AvgIpc) is 3.34. The fourth-order valence-corrected chi connectivity index (χ4v) is 8.86. The van der Waals surface area contributed by atoms with Crippen LogP contribution in [-0.2, 0) is 28.6 Å². The second kappa shape index (κ2) is 57.2. The molecule has 0 aromatic heterocycles. The molecule has 0 spiro atoms. The van der Waals surface area contributed by atoms with Gasteiger partial charge in [0, 0.05) is 19.3 Å². The number of ether oxygens (including phenoxy) is 3. The summed E-state index contributed by atoms with van der Waals surface area (Å²) in [7, 11) is 0. The van der Waals surface area contributed by atoms with Crippen LogP contribution in [0.4, 0.5) is 0 Å². The van der Waals surface area contributed by atoms with Crippen molar-refractivity contribution in [1.29, 1.82) is 0 Å². The van der Waals surface area contributed by atoms with Crippen LogP contribution in [0.3, 0.4) is 0 Å². The van der Waals surface area contributed by atoms with Crippen molar-refractivity contribution >= 4 is 17.9 Å². The Kier molecular flexibility index (Phi) is 55.2. The Morgan fingerprint density at radius 3 is 0.853 bits per heavy atom. The van der Waals surface area contributed by atoms with Crippen LogP contribution in [-0.4, -0.2) is 37.2 Å². The minimum absolute atomic E-state index is 0.0764. The Labute approximate surface area is 423 Å². The number of hydrogen-bond acceptors (Lipinski definition) is 6. The maximum Gasteiger partial charge on any atom is 0.306 e. The highest BCUT2D eigenvalue weighted by Crippen LogP contribution is 2.17. The number of rotatable bonds is 55. The van der Waals surface area contributed by atoms with Crippen LogP contribution in [0.15, 0.2) is 36.5 Å². The lowest BCUT2D eigenvalue weighted by atomic mass is 10.0. The average molecular weight is 956 g/mol. The molecule has 0 aromatic carbocycles. The molecule has 0 unspecified atom stereocenters. The van der Waals surface area contributed by atoms with Crippen LogP contribution < -0.4 is 0 Å². The van der Waals surface area contributed by atoms with Gasteiger partial charge in [0.15, 0.2) is 6.10 Å². The lowest BCUT2D eigenvalue weighted by molar-refractivity contribution is -0.167. The molecule has 0 amide bonds. The van der Waals surface area contributed by atoms with Crippen LogP contribution in [0.2, 0.25) is 0 Å². The van der Waals surface area contributed by atoms with Crippen molar-refractivity contribution in [2.24, 2.45) is 0 Å². The second-order valence-corrected chi connectivity index (χ2v) is 20.3. The number of carbonyl (C=O) groups excluding carboxylic acids is 3. The maximum absolute atomic E-state index is 12.8. The molecule has 0 N–H and O–H groups in total. The first-order chi connectivity index (χ1) is 33.5. The third kappa shape index (κ3) is 54.6. The molecule has 0 fully saturated rings. The van der Waals surface area contributed by atoms with Gasteiger partial charge in [0.25, 0.3) is 0 Å². The normalized spacial score (nSPS) is 12.2. The molecule has 398 valence electrons. The molecule has 0 aromatic rings. The third-order valence-electron chi connectivity index (χ3n) is 13.4. The summed E-state index contributed by atoms with van der Waals surface area (Å²) in [6.45, 7) is 6.64. The number of hydrogen-bond donors (Lipinski definition) is 0. The lowest BCUT2D eigenvalue weighted by Gasteiger charge is -2.18. The SMILES string of the molecule is CCCCC/C=C\C/C=C\C/C=C\CCCCCCC(=O)O[C@@H](COC(=O)CCCCCCCCCCCCCC)COC(=O)CCCCCCCCCCCCCCCCCCCCCCC. The number of allylic oxidation sites excluding steroid dienone is 6. The summed E-state index contributed by atoms with van der Waals surface area (Å²) >= 11 is 0. The fourth-order valence-electron chi connectivity index (χ4n) is 8.86. The van der Waals surface area contributed by atoms with Gasteiger partial charge >= 0.3 is 17.9 Å². The predicted molar refractivity (Wildman–Crippen MR) is 293 cm³/mol. The van der Waals surface area contributed by atoms with Crippen molar-refractivity contribution in [3.63, 3.8) is 0 Å². The van der Waals surface area contributed by atoms with Crippen molar-refractivity contribution in [2.45, 2.75) is 329 Å². The van der Waals surface area contributed by atoms with E-state index in [2.05, 4.69) is 57.2 Å². The number of carbonyl (C=O) groups is 3. The fraction of sp³-hybridized carbons (Fsp3) is 0.855. The first-order valence-electron chi connectivity index (χ1n) is 30.0. The highest BCUT2D eigenvalue weighted by Gasteiger charge is 2.19. The molecule has 0 aliphatic carbocycles. The minimum atomic E-state index is -0.780. The Bertz CT molecular complexity index is 1140. The van der Waals surface area contributed by atoms with Crippen molar-refractivity contribution in [3.8, 4) is 0 Å². The molecule has 6 heteroatoms. The summed E-state index contributed by atoms with van der Waals surface area (Å²) in [6, 6.07) is 0. The third-order valence-corrected chi connectivity index (χ3v) is 13.4. The summed E-state index contributed by atoms with van der Waals surface area (Å²) < 4.78 is 16.9. The zero-order valence-corrected chi connectivity index (χ0v) is 45.6. The van der Waals surface area contributed by atoms with Crippen LogP contribution >= 0.6 is 0 Å². The van der Waals surface area contributed by atoms with E-state index in [1.807, 2.05) is 0 Å². The van der Waals surface area contributed by atoms with Gasteiger partial charge in [-0.1, -0.05) is 282 Å². The van der Waals surface area contributed by atoms with E-state index in [4.69, 9.17) is 14.2 Å². The van der Waals surface area contributed by atoms with Crippen LogP contribution in [0.1, 0.15) is 323 Å². The Balaban J connectivity index is 4.31. The molecule has 0 aliphatic rings. The molecular weight excluding hydrogens is 841 g/mol. The quantitative estimate of drug-likeness (QED) is 0.0262. The summed E-state index contributed by atoms with van der Waals surface area (Å²) in [5.74, 6) is -0.878. The van der Waals surface area contributed by atoms with Gasteiger partial charge in [-0.15, -0.1) is 0 Å². The van der Waals surface area contributed by atoms with E-state index in [1.54, 1.807) is 0 Å². The van der Waals surface area contributed by atoms with Gasteiger partial charge in [0.1, 0.15) is 13.2 Å². The smallest absolute Gasteiger partial charge is 0.306 e. The van der Waals surface area contributed by atoms with E-state index in [1.165, 1.54) is 199 Å². The van der Waals surface area contributed by atoms with E-state index < -0.39 is 6.10 Å². The lowest BCUT2D eigenvalue weighted by Crippen LogP contribution is -2.30. The molecule has 0 rings (SSSR count). The predicted octanol–water partition coefficient (Wildman–Crippen LogP) is 20.0. The molecule has 68 heavy (non-hydrogen) atoms. The van der Waals surface area contributed by atoms with Gasteiger partial charge < -0.3 is 14.2 Å². The molecule has 0 radical (unpaired) electrons. The van der Waals surface area contributed by atoms with Gasteiger partial charge in [0.2, 0.25) is 0 Å². The zero-order chi connectivity index (χ0) is 49.3. The highest BCUT2D eigenvalue weighted by molar-refractivity contribution is 5.71. The first-order valence-corrected chi connectivity index (χ1v) is 30.0. The summed E-state index contributed by atoms with van der Waals surface area (Å²) in [6.07, 6.45) is 68.5. The van der Waals surface area contributed by atoms with E-state index >= 15 is 0 Å². The van der Waals surface area contributed by atoms with E-state index in [0.717, 1.165) is 83.5 Å². The Morgan fingerprint density at radius 2 is 0.529 bits per heavy atom. The van der Waals surface area contributed by atoms with Crippen molar-refractivity contribution < 1.29 is 28.6 Å². The van der Waals surface area contributed by atoms with Crippen LogP contribution in [0.25, 0.3) is 0 Å². The molecular formula is C62H114O6. The second-order valence-electron chi connectivity index (χ2n) is 20.3. The number of unbranched alkanes of at least 4 members (excludes halogenated alkanes) is 38. The molecule has 0 heterocycles. The van der Waals surface area contributed by atoms with Crippen molar-refractivity contribution in [1.82, 2.24) is 0 Å². The minimum Gasteiger partial charge on any atom is -0.462 e. The van der Waals surface area contributed by atoms with E-state index in [-0.39, 0.29) is 31.1 Å². The first kappa shape index (κ1) is 65.6. The summed E-state index contributed by atoms with van der Waals surface area (Å²) in [5, 5.41) is 0.